The van der Waals surface area contributed by atoms with E-state index in [0.29, 0.717) is 5.56 Å². The molecule has 1 N–H and O–H groups in total. The van der Waals surface area contributed by atoms with Crippen LogP contribution >= 0.6 is 0 Å². The maximum atomic E-state index is 11.3. The third-order valence-corrected chi connectivity index (χ3v) is 1.76. The molecule has 0 aromatic carbocycles. The summed E-state index contributed by atoms with van der Waals surface area (Å²) in [6, 6.07) is 0.289. The van der Waals surface area contributed by atoms with Crippen LogP contribution in [0.15, 0.2) is 12.4 Å². The summed E-state index contributed by atoms with van der Waals surface area (Å²) < 4.78 is 9.89. The van der Waals surface area contributed by atoms with Gasteiger partial charge in [-0.15, -0.1) is 0 Å². The zero-order valence-electron chi connectivity index (χ0n) is 11.5. The summed E-state index contributed by atoms with van der Waals surface area (Å²) in [6.45, 7) is 5.59. The van der Waals surface area contributed by atoms with E-state index in [1.54, 1.807) is 33.2 Å². The summed E-state index contributed by atoms with van der Waals surface area (Å²) in [5, 5.41) is 2.53. The second kappa shape index (κ2) is 6.59. The van der Waals surface area contributed by atoms with Crippen LogP contribution in [0.3, 0.4) is 0 Å². The topological polar surface area (TPSA) is 73.3 Å². The van der Waals surface area contributed by atoms with E-state index in [-0.39, 0.29) is 12.6 Å². The number of alkyl carbamates (subject to hydrolysis) is 1. The van der Waals surface area contributed by atoms with Gasteiger partial charge in [0.05, 0.1) is 19.2 Å². The first kappa shape index (κ1) is 14.8. The van der Waals surface area contributed by atoms with Crippen molar-refractivity contribution in [2.75, 3.05) is 13.7 Å². The van der Waals surface area contributed by atoms with Crippen molar-refractivity contribution in [1.29, 1.82) is 0 Å². The molecule has 6 heteroatoms. The maximum Gasteiger partial charge on any atom is 0.408 e. The van der Waals surface area contributed by atoms with E-state index >= 15 is 0 Å². The molecule has 0 bridgehead atoms. The number of methoxy groups -OCH3 is 1. The lowest BCUT2D eigenvalue weighted by Gasteiger charge is -2.18. The molecule has 0 aliphatic carbocycles. The van der Waals surface area contributed by atoms with Gasteiger partial charge in [0.25, 0.3) is 0 Å². The van der Waals surface area contributed by atoms with Gasteiger partial charge in [0.1, 0.15) is 5.60 Å². The van der Waals surface area contributed by atoms with E-state index in [0.717, 1.165) is 0 Å². The number of ether oxygens (including phenoxy) is 2. The molecule has 6 nitrogen and oxygen atoms in total. The molecule has 0 saturated carbocycles. The fourth-order valence-corrected chi connectivity index (χ4v) is 1.06. The van der Waals surface area contributed by atoms with Crippen molar-refractivity contribution in [1.82, 2.24) is 15.3 Å². The van der Waals surface area contributed by atoms with Crippen LogP contribution in [0.5, 0.6) is 6.01 Å². The fourth-order valence-electron chi connectivity index (χ4n) is 1.06. The van der Waals surface area contributed by atoms with Gasteiger partial charge in [-0.1, -0.05) is 11.8 Å². The minimum Gasteiger partial charge on any atom is -0.467 e. The van der Waals surface area contributed by atoms with Crippen molar-refractivity contribution in [2.24, 2.45) is 0 Å². The van der Waals surface area contributed by atoms with Gasteiger partial charge in [-0.25, -0.2) is 14.8 Å². The molecule has 1 aromatic rings. The molecule has 0 saturated heterocycles. The van der Waals surface area contributed by atoms with E-state index in [1.165, 1.54) is 7.11 Å². The van der Waals surface area contributed by atoms with Crippen LogP contribution in [0.2, 0.25) is 0 Å². The minimum atomic E-state index is -0.513. The number of aromatic nitrogens is 2. The quantitative estimate of drug-likeness (QED) is 0.816. The Morgan fingerprint density at radius 3 is 2.53 bits per heavy atom. The number of rotatable bonds is 2. The number of carbonyl (C=O) groups is 1. The standard InChI is InChI=1S/C13H17N3O3/c1-13(2,3)19-12(17)14-7-5-6-10-8-15-11(18-4)16-9-10/h8-9H,7H2,1-4H3,(H,14,17). The monoisotopic (exact) mass is 263 g/mol. The van der Waals surface area contributed by atoms with Gasteiger partial charge in [-0.3, -0.25) is 0 Å². The molecule has 1 aromatic heterocycles. The van der Waals surface area contributed by atoms with Crippen molar-refractivity contribution >= 4 is 6.09 Å². The number of amides is 1. The lowest BCUT2D eigenvalue weighted by molar-refractivity contribution is 0.0535. The average Bonchev–Trinajstić information content (AvgIpc) is 2.33. The van der Waals surface area contributed by atoms with Crippen molar-refractivity contribution in [3.05, 3.63) is 18.0 Å². The molecule has 0 radical (unpaired) electrons. The van der Waals surface area contributed by atoms with E-state index < -0.39 is 11.7 Å². The molecule has 0 spiro atoms. The summed E-state index contributed by atoms with van der Waals surface area (Å²) >= 11 is 0. The van der Waals surface area contributed by atoms with E-state index in [2.05, 4.69) is 27.1 Å². The molecule has 0 fully saturated rings. The van der Waals surface area contributed by atoms with Crippen LogP contribution in [0.1, 0.15) is 26.3 Å². The van der Waals surface area contributed by atoms with E-state index in [1.807, 2.05) is 0 Å². The minimum absolute atomic E-state index is 0.195. The first-order valence-electron chi connectivity index (χ1n) is 5.72. The highest BCUT2D eigenvalue weighted by Gasteiger charge is 2.14. The van der Waals surface area contributed by atoms with E-state index in [9.17, 15) is 4.79 Å². The molecule has 0 unspecified atom stereocenters. The average molecular weight is 263 g/mol. The predicted octanol–water partition coefficient (Wildman–Crippen LogP) is 1.36. The third-order valence-electron chi connectivity index (χ3n) is 1.76. The van der Waals surface area contributed by atoms with Crippen LogP contribution < -0.4 is 10.1 Å². The summed E-state index contributed by atoms with van der Waals surface area (Å²) in [6.07, 6.45) is 2.60. The molecule has 0 atom stereocenters. The van der Waals surface area contributed by atoms with Crippen LogP contribution in [0.25, 0.3) is 0 Å². The first-order chi connectivity index (χ1) is 8.90. The second-order valence-corrected chi connectivity index (χ2v) is 4.62. The molecule has 0 aliphatic heterocycles. The second-order valence-electron chi connectivity index (χ2n) is 4.62. The molecular formula is C13H17N3O3. The summed E-state index contributed by atoms with van der Waals surface area (Å²) in [5.74, 6) is 5.59. The van der Waals surface area contributed by atoms with Gasteiger partial charge in [0, 0.05) is 12.4 Å². The Morgan fingerprint density at radius 1 is 1.37 bits per heavy atom. The van der Waals surface area contributed by atoms with Crippen LogP contribution in [-0.4, -0.2) is 35.3 Å². The van der Waals surface area contributed by atoms with Crippen molar-refractivity contribution in [3.63, 3.8) is 0 Å². The molecular weight excluding hydrogens is 246 g/mol. The number of nitrogens with zero attached hydrogens (tertiary/aromatic N) is 2. The molecule has 1 heterocycles. The molecule has 1 rings (SSSR count). The van der Waals surface area contributed by atoms with Gasteiger partial charge >= 0.3 is 12.1 Å². The number of hydrogen-bond donors (Lipinski definition) is 1. The third kappa shape index (κ3) is 6.27. The fraction of sp³-hybridized carbons (Fsp3) is 0.462. The van der Waals surface area contributed by atoms with Crippen molar-refractivity contribution in [2.45, 2.75) is 26.4 Å². The largest absolute Gasteiger partial charge is 0.467 e. The zero-order valence-corrected chi connectivity index (χ0v) is 11.5. The van der Waals surface area contributed by atoms with Crippen molar-refractivity contribution < 1.29 is 14.3 Å². The van der Waals surface area contributed by atoms with Gasteiger partial charge in [0.15, 0.2) is 0 Å². The highest BCUT2D eigenvalue weighted by molar-refractivity contribution is 5.68. The summed E-state index contributed by atoms with van der Waals surface area (Å²) in [4.78, 5) is 19.1. The van der Waals surface area contributed by atoms with Crippen LogP contribution in [-0.2, 0) is 4.74 Å². The molecule has 1 amide bonds. The van der Waals surface area contributed by atoms with E-state index in [4.69, 9.17) is 9.47 Å². The highest BCUT2D eigenvalue weighted by atomic mass is 16.6. The van der Waals surface area contributed by atoms with Gasteiger partial charge in [0.2, 0.25) is 0 Å². The van der Waals surface area contributed by atoms with Crippen LogP contribution in [0.4, 0.5) is 4.79 Å². The Bertz CT molecular complexity index is 481. The first-order valence-corrected chi connectivity index (χ1v) is 5.72. The number of hydrogen-bond acceptors (Lipinski definition) is 5. The highest BCUT2D eigenvalue weighted by Crippen LogP contribution is 2.06. The van der Waals surface area contributed by atoms with Crippen molar-refractivity contribution in [3.8, 4) is 17.9 Å². The van der Waals surface area contributed by atoms with Crippen LogP contribution in [0, 0.1) is 11.8 Å². The van der Waals surface area contributed by atoms with Gasteiger partial charge in [-0.05, 0) is 20.8 Å². The Balaban J connectivity index is 2.40. The smallest absolute Gasteiger partial charge is 0.408 e. The molecule has 0 aliphatic rings. The predicted molar refractivity (Wildman–Crippen MR) is 69.7 cm³/mol. The van der Waals surface area contributed by atoms with Gasteiger partial charge in [-0.2, -0.15) is 0 Å². The maximum absolute atomic E-state index is 11.3. The SMILES string of the molecule is COc1ncc(C#CCNC(=O)OC(C)(C)C)cn1. The summed E-state index contributed by atoms with van der Waals surface area (Å²) in [7, 11) is 1.49. The number of carbonyl (C=O) groups excluding carboxylic acids is 1. The molecule has 19 heavy (non-hydrogen) atoms. The Kier molecular flexibility index (Phi) is 5.12. The Hall–Kier alpha value is -2.29. The lowest BCUT2D eigenvalue weighted by atomic mass is 10.2. The normalized spacial score (nSPS) is 10.1. The zero-order chi connectivity index (χ0) is 14.3. The lowest BCUT2D eigenvalue weighted by Crippen LogP contribution is -2.32. The molecule has 102 valence electrons. The van der Waals surface area contributed by atoms with Gasteiger partial charge < -0.3 is 14.8 Å². The number of nitrogens with one attached hydrogen (secondary N) is 1. The Morgan fingerprint density at radius 2 is 2.00 bits per heavy atom. The Labute approximate surface area is 112 Å². The summed E-state index contributed by atoms with van der Waals surface area (Å²) in [5.41, 5.74) is 0.133.